The Labute approximate surface area is 172 Å². The zero-order chi connectivity index (χ0) is 20.1. The molecule has 6 nitrogen and oxygen atoms in total. The Bertz CT molecular complexity index is 842. The second-order valence-corrected chi connectivity index (χ2v) is 7.90. The van der Waals surface area contributed by atoms with Gasteiger partial charge in [0, 0.05) is 31.9 Å². The number of nitrogens with one attached hydrogen (secondary N) is 1. The first-order chi connectivity index (χ1) is 14.2. The highest BCUT2D eigenvalue weighted by molar-refractivity contribution is 5.78. The second kappa shape index (κ2) is 9.37. The van der Waals surface area contributed by atoms with Gasteiger partial charge in [0.15, 0.2) is 6.61 Å². The molecule has 2 atom stereocenters. The highest BCUT2D eigenvalue weighted by Crippen LogP contribution is 2.22. The van der Waals surface area contributed by atoms with Gasteiger partial charge in [0.05, 0.1) is 17.8 Å². The van der Waals surface area contributed by atoms with E-state index in [9.17, 15) is 4.79 Å². The average molecular weight is 396 g/mol. The van der Waals surface area contributed by atoms with Crippen molar-refractivity contribution in [1.29, 1.82) is 0 Å². The third-order valence-electron chi connectivity index (χ3n) is 5.52. The topological polar surface area (TPSA) is 63.7 Å². The van der Waals surface area contributed by atoms with Gasteiger partial charge in [0.1, 0.15) is 5.75 Å². The standard InChI is InChI=1S/C23H29N3O3/c1-17-7-6-10-19(24-17)13-26-14-20-22(15-26)28-12-5-4-9-18-8-2-3-11-21(18)29-16-23(27)25-20/h2-3,6-8,10-11,20,22H,4-5,9,12-16H2,1H3,(H,25,27)/t20-,22-/m0/s1. The van der Waals surface area contributed by atoms with Crippen molar-refractivity contribution in [2.24, 2.45) is 0 Å². The summed E-state index contributed by atoms with van der Waals surface area (Å²) in [7, 11) is 0. The van der Waals surface area contributed by atoms with E-state index in [-0.39, 0.29) is 24.7 Å². The van der Waals surface area contributed by atoms with Gasteiger partial charge < -0.3 is 14.8 Å². The molecule has 0 saturated carbocycles. The Morgan fingerprint density at radius 2 is 2.03 bits per heavy atom. The quantitative estimate of drug-likeness (QED) is 0.847. The maximum absolute atomic E-state index is 12.5. The van der Waals surface area contributed by atoms with E-state index in [1.54, 1.807) is 0 Å². The van der Waals surface area contributed by atoms with E-state index < -0.39 is 0 Å². The van der Waals surface area contributed by atoms with Crippen LogP contribution in [0, 0.1) is 6.92 Å². The minimum Gasteiger partial charge on any atom is -0.483 e. The smallest absolute Gasteiger partial charge is 0.258 e. The van der Waals surface area contributed by atoms with Crippen LogP contribution in [0.25, 0.3) is 0 Å². The van der Waals surface area contributed by atoms with Crippen LogP contribution in [-0.2, 0) is 22.5 Å². The van der Waals surface area contributed by atoms with Gasteiger partial charge in [-0.1, -0.05) is 24.3 Å². The van der Waals surface area contributed by atoms with Gasteiger partial charge in [-0.2, -0.15) is 0 Å². The monoisotopic (exact) mass is 395 g/mol. The molecule has 2 aliphatic heterocycles. The molecule has 2 aliphatic rings. The highest BCUT2D eigenvalue weighted by Gasteiger charge is 2.34. The second-order valence-electron chi connectivity index (χ2n) is 7.90. The van der Waals surface area contributed by atoms with Crippen molar-refractivity contribution in [2.45, 2.75) is 44.9 Å². The number of amides is 1. The summed E-state index contributed by atoms with van der Waals surface area (Å²) in [6.45, 7) is 5.04. The minimum atomic E-state index is -0.104. The molecule has 0 unspecified atom stereocenters. The number of carbonyl (C=O) groups is 1. The number of fused-ring (bicyclic) bond motifs is 2. The molecule has 1 saturated heterocycles. The third-order valence-corrected chi connectivity index (χ3v) is 5.52. The molecule has 3 heterocycles. The van der Waals surface area contributed by atoms with E-state index >= 15 is 0 Å². The summed E-state index contributed by atoms with van der Waals surface area (Å²) in [6, 6.07) is 14.0. The van der Waals surface area contributed by atoms with Crippen molar-refractivity contribution < 1.29 is 14.3 Å². The van der Waals surface area contributed by atoms with Gasteiger partial charge in [0.2, 0.25) is 0 Å². The normalized spacial score (nSPS) is 23.6. The first-order valence-corrected chi connectivity index (χ1v) is 10.4. The molecule has 4 rings (SSSR count). The highest BCUT2D eigenvalue weighted by atomic mass is 16.5. The number of likely N-dealkylation sites (tertiary alicyclic amines) is 1. The van der Waals surface area contributed by atoms with Crippen molar-refractivity contribution in [3.8, 4) is 5.75 Å². The zero-order valence-electron chi connectivity index (χ0n) is 17.0. The Morgan fingerprint density at radius 1 is 1.14 bits per heavy atom. The number of aromatic nitrogens is 1. The van der Waals surface area contributed by atoms with Crippen molar-refractivity contribution in [3.05, 3.63) is 59.4 Å². The van der Waals surface area contributed by atoms with Gasteiger partial charge in [-0.3, -0.25) is 14.7 Å². The molecule has 0 radical (unpaired) electrons. The number of pyridine rings is 1. The lowest BCUT2D eigenvalue weighted by Gasteiger charge is -2.20. The van der Waals surface area contributed by atoms with Gasteiger partial charge in [-0.15, -0.1) is 0 Å². The fourth-order valence-electron chi connectivity index (χ4n) is 4.10. The van der Waals surface area contributed by atoms with Crippen LogP contribution in [0.1, 0.15) is 29.8 Å². The molecule has 0 spiro atoms. The fraction of sp³-hybridized carbons (Fsp3) is 0.478. The molecule has 1 aromatic heterocycles. The lowest BCUT2D eigenvalue weighted by Crippen LogP contribution is -2.45. The maximum atomic E-state index is 12.5. The van der Waals surface area contributed by atoms with E-state index in [1.807, 2.05) is 43.3 Å². The third kappa shape index (κ3) is 5.34. The van der Waals surface area contributed by atoms with Crippen LogP contribution in [0.5, 0.6) is 5.75 Å². The van der Waals surface area contributed by atoms with Crippen LogP contribution in [0.15, 0.2) is 42.5 Å². The first-order valence-electron chi connectivity index (χ1n) is 10.4. The van der Waals surface area contributed by atoms with E-state index in [0.717, 1.165) is 61.6 Å². The lowest BCUT2D eigenvalue weighted by molar-refractivity contribution is -0.124. The van der Waals surface area contributed by atoms with Crippen LogP contribution in [0.4, 0.5) is 0 Å². The predicted molar refractivity (Wildman–Crippen MR) is 111 cm³/mol. The Balaban J connectivity index is 1.42. The fourth-order valence-corrected chi connectivity index (χ4v) is 4.10. The predicted octanol–water partition coefficient (Wildman–Crippen LogP) is 2.49. The number of para-hydroxylation sites is 1. The Hall–Kier alpha value is -2.44. The molecule has 1 N–H and O–H groups in total. The number of aryl methyl sites for hydroxylation is 2. The van der Waals surface area contributed by atoms with E-state index in [4.69, 9.17) is 9.47 Å². The molecule has 1 fully saturated rings. The van der Waals surface area contributed by atoms with Crippen molar-refractivity contribution in [2.75, 3.05) is 26.3 Å². The molecule has 29 heavy (non-hydrogen) atoms. The lowest BCUT2D eigenvalue weighted by atomic mass is 10.1. The first kappa shape index (κ1) is 19.9. The SMILES string of the molecule is Cc1cccc(CN2C[C@@H]3NC(=O)COc4ccccc4CCCCO[C@H]3C2)n1. The molecule has 1 aromatic carbocycles. The average Bonchev–Trinajstić information content (AvgIpc) is 3.07. The number of carbonyl (C=O) groups excluding carboxylic acids is 1. The summed E-state index contributed by atoms with van der Waals surface area (Å²) in [6.07, 6.45) is 2.95. The number of nitrogens with zero attached hydrogens (tertiary/aromatic N) is 2. The van der Waals surface area contributed by atoms with Crippen LogP contribution in [0.3, 0.4) is 0 Å². The molecule has 154 valence electrons. The van der Waals surface area contributed by atoms with Gasteiger partial charge in [0.25, 0.3) is 5.91 Å². The minimum absolute atomic E-state index is 0.00751. The summed E-state index contributed by atoms with van der Waals surface area (Å²) >= 11 is 0. The van der Waals surface area contributed by atoms with Crippen molar-refractivity contribution in [3.63, 3.8) is 0 Å². The largest absolute Gasteiger partial charge is 0.483 e. The van der Waals surface area contributed by atoms with Crippen LogP contribution >= 0.6 is 0 Å². The van der Waals surface area contributed by atoms with Crippen molar-refractivity contribution in [1.82, 2.24) is 15.2 Å². The summed E-state index contributed by atoms with van der Waals surface area (Å²) < 4.78 is 12.0. The molecule has 2 aromatic rings. The number of benzene rings is 1. The maximum Gasteiger partial charge on any atom is 0.258 e. The molecule has 1 amide bonds. The van der Waals surface area contributed by atoms with E-state index in [2.05, 4.69) is 21.3 Å². The molecule has 6 heteroatoms. The van der Waals surface area contributed by atoms with E-state index in [0.29, 0.717) is 6.61 Å². The number of hydrogen-bond donors (Lipinski definition) is 1. The van der Waals surface area contributed by atoms with Crippen LogP contribution in [-0.4, -0.2) is 54.2 Å². The zero-order valence-corrected chi connectivity index (χ0v) is 17.0. The Kier molecular flexibility index (Phi) is 6.42. The molecular weight excluding hydrogens is 366 g/mol. The van der Waals surface area contributed by atoms with Gasteiger partial charge >= 0.3 is 0 Å². The van der Waals surface area contributed by atoms with Crippen molar-refractivity contribution >= 4 is 5.91 Å². The van der Waals surface area contributed by atoms with Gasteiger partial charge in [-0.25, -0.2) is 0 Å². The number of rotatable bonds is 2. The molecule has 0 aliphatic carbocycles. The van der Waals surface area contributed by atoms with E-state index in [1.165, 1.54) is 0 Å². The summed E-state index contributed by atoms with van der Waals surface area (Å²) in [5.74, 6) is 0.700. The van der Waals surface area contributed by atoms with Crippen LogP contribution in [0.2, 0.25) is 0 Å². The summed E-state index contributed by atoms with van der Waals surface area (Å²) in [5, 5.41) is 3.12. The summed E-state index contributed by atoms with van der Waals surface area (Å²) in [4.78, 5) is 19.4. The Morgan fingerprint density at radius 3 is 2.93 bits per heavy atom. The number of hydrogen-bond acceptors (Lipinski definition) is 5. The number of ether oxygens (including phenoxy) is 2. The molecular formula is C23H29N3O3. The van der Waals surface area contributed by atoms with Crippen LogP contribution < -0.4 is 10.1 Å². The summed E-state index contributed by atoms with van der Waals surface area (Å²) in [5.41, 5.74) is 3.22. The molecule has 0 bridgehead atoms. The van der Waals surface area contributed by atoms with Gasteiger partial charge in [-0.05, 0) is 49.9 Å².